The van der Waals surface area contributed by atoms with E-state index < -0.39 is 11.9 Å². The van der Waals surface area contributed by atoms with Crippen molar-refractivity contribution in [3.05, 3.63) is 60.0 Å². The maximum Gasteiger partial charge on any atom is 0.416 e. The maximum atomic E-state index is 12.7. The van der Waals surface area contributed by atoms with Gasteiger partial charge in [0.15, 0.2) is 5.78 Å². The largest absolute Gasteiger partial charge is 0.447 e. The lowest BCUT2D eigenvalue weighted by molar-refractivity contribution is -0.124. The van der Waals surface area contributed by atoms with Crippen molar-refractivity contribution in [2.24, 2.45) is 0 Å². The SMILES string of the molecule is C/C=C(/C)CCC.C=CCC.CC.O=C(CSCC(=O)N1CCOC1=O)c1ccc(F)cc1. The van der Waals surface area contributed by atoms with Crippen molar-refractivity contribution in [3.63, 3.8) is 0 Å². The number of allylic oxidation sites excluding steroid dienone is 3. The van der Waals surface area contributed by atoms with Crippen LogP contribution in [0.4, 0.5) is 9.18 Å². The Morgan fingerprint density at radius 1 is 1.18 bits per heavy atom. The van der Waals surface area contributed by atoms with E-state index in [4.69, 9.17) is 0 Å². The van der Waals surface area contributed by atoms with Crippen molar-refractivity contribution in [2.75, 3.05) is 24.7 Å². The van der Waals surface area contributed by atoms with Gasteiger partial charge < -0.3 is 4.74 Å². The molecule has 0 aromatic heterocycles. The average molecular weight is 482 g/mol. The third-order valence-electron chi connectivity index (χ3n) is 4.11. The number of benzene rings is 1. The fourth-order valence-corrected chi connectivity index (χ4v) is 2.97. The number of Topliss-reactive ketones (excluding diaryl/α,β-unsaturated/α-hetero) is 1. The molecule has 7 heteroatoms. The lowest BCUT2D eigenvalue weighted by Gasteiger charge is -2.09. The molecule has 186 valence electrons. The van der Waals surface area contributed by atoms with Gasteiger partial charge >= 0.3 is 6.09 Å². The van der Waals surface area contributed by atoms with Crippen LogP contribution in [0.5, 0.6) is 0 Å². The number of hydrogen-bond donors (Lipinski definition) is 0. The lowest BCUT2D eigenvalue weighted by Crippen LogP contribution is -2.33. The summed E-state index contributed by atoms with van der Waals surface area (Å²) < 4.78 is 17.4. The van der Waals surface area contributed by atoms with Crippen molar-refractivity contribution in [2.45, 2.75) is 60.8 Å². The number of carbonyl (C=O) groups is 3. The van der Waals surface area contributed by atoms with E-state index in [1.165, 1.54) is 42.7 Å². The zero-order valence-electron chi connectivity index (χ0n) is 21.0. The molecule has 0 aliphatic carbocycles. The Balaban J connectivity index is 0. The van der Waals surface area contributed by atoms with Crippen LogP contribution >= 0.6 is 11.8 Å². The first-order valence-corrected chi connectivity index (χ1v) is 12.5. The number of rotatable bonds is 8. The number of imide groups is 1. The van der Waals surface area contributed by atoms with E-state index in [9.17, 15) is 18.8 Å². The van der Waals surface area contributed by atoms with Gasteiger partial charge in [0, 0.05) is 5.56 Å². The number of nitrogens with zero attached hydrogens (tertiary/aromatic N) is 1. The van der Waals surface area contributed by atoms with E-state index in [0.29, 0.717) is 5.56 Å². The molecule has 33 heavy (non-hydrogen) atoms. The molecule has 2 amide bonds. The first-order chi connectivity index (χ1) is 15.8. The van der Waals surface area contributed by atoms with E-state index in [-0.39, 0.29) is 36.3 Å². The number of hydrogen-bond acceptors (Lipinski definition) is 5. The monoisotopic (exact) mass is 481 g/mol. The molecular formula is C26H40FNO4S. The summed E-state index contributed by atoms with van der Waals surface area (Å²) in [6, 6.07) is 5.22. The van der Waals surface area contributed by atoms with E-state index in [2.05, 4.69) is 45.1 Å². The number of thioether (sulfide) groups is 1. The quantitative estimate of drug-likeness (QED) is 0.293. The second-order valence-electron chi connectivity index (χ2n) is 6.66. The van der Waals surface area contributed by atoms with Crippen LogP contribution in [0.1, 0.15) is 71.2 Å². The maximum absolute atomic E-state index is 12.7. The van der Waals surface area contributed by atoms with E-state index in [1.807, 2.05) is 19.9 Å². The highest BCUT2D eigenvalue weighted by Gasteiger charge is 2.28. The molecule has 0 unspecified atom stereocenters. The van der Waals surface area contributed by atoms with Crippen LogP contribution in [0.2, 0.25) is 0 Å². The van der Waals surface area contributed by atoms with Gasteiger partial charge in [-0.25, -0.2) is 14.1 Å². The summed E-state index contributed by atoms with van der Waals surface area (Å²) in [5.41, 5.74) is 1.90. The van der Waals surface area contributed by atoms with Crippen molar-refractivity contribution < 1.29 is 23.5 Å². The molecule has 1 heterocycles. The summed E-state index contributed by atoms with van der Waals surface area (Å²) in [5, 5.41) is 0. The van der Waals surface area contributed by atoms with Gasteiger partial charge in [0.25, 0.3) is 0 Å². The van der Waals surface area contributed by atoms with Crippen LogP contribution in [0, 0.1) is 5.82 Å². The van der Waals surface area contributed by atoms with Gasteiger partial charge in [-0.15, -0.1) is 18.3 Å². The van der Waals surface area contributed by atoms with Crippen LogP contribution in [0.15, 0.2) is 48.6 Å². The molecule has 0 spiro atoms. The summed E-state index contributed by atoms with van der Waals surface area (Å²) in [7, 11) is 0. The number of cyclic esters (lactones) is 1. The summed E-state index contributed by atoms with van der Waals surface area (Å²) >= 11 is 1.12. The summed E-state index contributed by atoms with van der Waals surface area (Å²) in [6.45, 7) is 16.5. The van der Waals surface area contributed by atoms with Crippen LogP contribution < -0.4 is 0 Å². The molecule has 0 bridgehead atoms. The van der Waals surface area contributed by atoms with Gasteiger partial charge in [0.1, 0.15) is 12.4 Å². The third kappa shape index (κ3) is 15.9. The molecule has 0 radical (unpaired) electrons. The normalized spacial score (nSPS) is 12.2. The minimum Gasteiger partial charge on any atom is -0.447 e. The van der Waals surface area contributed by atoms with E-state index >= 15 is 0 Å². The summed E-state index contributed by atoms with van der Waals surface area (Å²) in [4.78, 5) is 35.6. The zero-order chi connectivity index (χ0) is 25.6. The molecular weight excluding hydrogens is 441 g/mol. The highest BCUT2D eigenvalue weighted by atomic mass is 32.2. The van der Waals surface area contributed by atoms with Crippen molar-refractivity contribution >= 4 is 29.5 Å². The minimum atomic E-state index is -0.638. The number of ketones is 1. The van der Waals surface area contributed by atoms with Crippen LogP contribution in [-0.4, -0.2) is 47.3 Å². The Kier molecular flexibility index (Phi) is 21.3. The van der Waals surface area contributed by atoms with Gasteiger partial charge in [-0.2, -0.15) is 0 Å². The molecule has 0 atom stereocenters. The Labute approximate surface area is 203 Å². The topological polar surface area (TPSA) is 63.7 Å². The first-order valence-electron chi connectivity index (χ1n) is 11.4. The minimum absolute atomic E-state index is 0.0298. The zero-order valence-corrected chi connectivity index (χ0v) is 21.8. The van der Waals surface area contributed by atoms with Crippen molar-refractivity contribution in [1.29, 1.82) is 0 Å². The van der Waals surface area contributed by atoms with E-state index in [1.54, 1.807) is 0 Å². The molecule has 1 saturated heterocycles. The second-order valence-corrected chi connectivity index (χ2v) is 7.65. The van der Waals surface area contributed by atoms with Gasteiger partial charge in [-0.05, 0) is 51.0 Å². The smallest absolute Gasteiger partial charge is 0.416 e. The van der Waals surface area contributed by atoms with Gasteiger partial charge in [0.05, 0.1) is 18.1 Å². The second kappa shape index (κ2) is 21.4. The highest BCUT2D eigenvalue weighted by molar-refractivity contribution is 8.00. The molecule has 1 fully saturated rings. The fraction of sp³-hybridized carbons (Fsp3) is 0.500. The standard InChI is InChI=1S/C13H12FNO4S.C7H14.C4H8.C2H6/c14-10-3-1-9(2-4-10)11(16)7-20-8-12(17)15-5-6-19-13(15)18;1-4-6-7(3)5-2;1-3-4-2;1-2/h1-4H,5-8H2;5H,4,6H2,1-3H3;3H,1,4H2,2H3;1-2H3/b;7-5-;;. The number of ether oxygens (including phenoxy) is 1. The van der Waals surface area contributed by atoms with Gasteiger partial charge in [-0.1, -0.05) is 51.8 Å². The summed E-state index contributed by atoms with van der Waals surface area (Å²) in [6.07, 6.45) is 7.02. The molecule has 0 saturated carbocycles. The third-order valence-corrected chi connectivity index (χ3v) is 5.03. The predicted octanol–water partition coefficient (Wildman–Crippen LogP) is 7.08. The molecule has 1 aliphatic heterocycles. The molecule has 1 aromatic carbocycles. The Morgan fingerprint density at radius 3 is 2.15 bits per heavy atom. The first kappa shape index (κ1) is 32.8. The molecule has 0 N–H and O–H groups in total. The molecule has 5 nitrogen and oxygen atoms in total. The Bertz CT molecular complexity index is 732. The Hall–Kier alpha value is -2.41. The van der Waals surface area contributed by atoms with Crippen molar-refractivity contribution in [3.8, 4) is 0 Å². The van der Waals surface area contributed by atoms with Gasteiger partial charge in [-0.3, -0.25) is 9.59 Å². The number of amides is 2. The highest BCUT2D eigenvalue weighted by Crippen LogP contribution is 2.11. The average Bonchev–Trinajstić information content (AvgIpc) is 3.27. The molecule has 2 rings (SSSR count). The van der Waals surface area contributed by atoms with Crippen LogP contribution in [0.3, 0.4) is 0 Å². The van der Waals surface area contributed by atoms with Gasteiger partial charge in [0.2, 0.25) is 5.91 Å². The predicted molar refractivity (Wildman–Crippen MR) is 137 cm³/mol. The molecule has 1 aliphatic rings. The molecule has 1 aromatic rings. The summed E-state index contributed by atoms with van der Waals surface area (Å²) in [5.74, 6) is -0.837. The lowest BCUT2D eigenvalue weighted by atomic mass is 10.1. The fourth-order valence-electron chi connectivity index (χ4n) is 2.19. The van der Waals surface area contributed by atoms with Crippen LogP contribution in [0.25, 0.3) is 0 Å². The van der Waals surface area contributed by atoms with Crippen molar-refractivity contribution in [1.82, 2.24) is 4.90 Å². The number of carbonyl (C=O) groups excluding carboxylic acids is 3. The van der Waals surface area contributed by atoms with E-state index in [0.717, 1.165) is 23.1 Å². The number of halogens is 1. The Morgan fingerprint density at radius 2 is 1.76 bits per heavy atom. The van der Waals surface area contributed by atoms with Crippen LogP contribution in [-0.2, 0) is 9.53 Å².